The summed E-state index contributed by atoms with van der Waals surface area (Å²) in [6.07, 6.45) is 0. The fourth-order valence-electron chi connectivity index (χ4n) is 1.51. The third-order valence-corrected chi connectivity index (χ3v) is 2.17. The van der Waals surface area contributed by atoms with Gasteiger partial charge in [0.1, 0.15) is 5.82 Å². The molecule has 0 bridgehead atoms. The van der Waals surface area contributed by atoms with E-state index in [0.717, 1.165) is 11.2 Å². The molecule has 2 nitrogen and oxygen atoms in total. The van der Waals surface area contributed by atoms with E-state index < -0.39 is 0 Å². The zero-order valence-electron chi connectivity index (χ0n) is 7.39. The van der Waals surface area contributed by atoms with Crippen LogP contribution >= 0.6 is 0 Å². The van der Waals surface area contributed by atoms with Gasteiger partial charge in [0.25, 0.3) is 0 Å². The van der Waals surface area contributed by atoms with Gasteiger partial charge in [0, 0.05) is 28.7 Å². The molecule has 0 radical (unpaired) electrons. The Bertz CT molecular complexity index is 445. The van der Waals surface area contributed by atoms with Gasteiger partial charge in [-0.1, -0.05) is 6.07 Å². The molecule has 3 heteroatoms. The SMILES string of the molecule is Cc1cc2c(F)c(CN)ccc2[nH]1. The first-order valence-electron chi connectivity index (χ1n) is 4.19. The summed E-state index contributed by atoms with van der Waals surface area (Å²) in [6, 6.07) is 5.37. The summed E-state index contributed by atoms with van der Waals surface area (Å²) in [6.45, 7) is 2.15. The highest BCUT2D eigenvalue weighted by molar-refractivity contribution is 5.81. The second-order valence-electron chi connectivity index (χ2n) is 3.16. The Morgan fingerprint density at radius 2 is 2.23 bits per heavy atom. The molecule has 0 saturated heterocycles. The van der Waals surface area contributed by atoms with Gasteiger partial charge < -0.3 is 10.7 Å². The Hall–Kier alpha value is -1.35. The number of hydrogen-bond acceptors (Lipinski definition) is 1. The minimum atomic E-state index is -0.204. The molecule has 3 N–H and O–H groups in total. The topological polar surface area (TPSA) is 41.8 Å². The third kappa shape index (κ3) is 1.21. The van der Waals surface area contributed by atoms with Crippen LogP contribution in [0.25, 0.3) is 10.9 Å². The minimum absolute atomic E-state index is 0.204. The highest BCUT2D eigenvalue weighted by Gasteiger charge is 2.07. The molecule has 2 aromatic rings. The number of H-pyrrole nitrogens is 1. The largest absolute Gasteiger partial charge is 0.359 e. The number of aromatic nitrogens is 1. The maximum absolute atomic E-state index is 13.6. The molecule has 0 aliphatic carbocycles. The van der Waals surface area contributed by atoms with Crippen molar-refractivity contribution in [2.75, 3.05) is 0 Å². The van der Waals surface area contributed by atoms with Crippen molar-refractivity contribution in [1.29, 1.82) is 0 Å². The highest BCUT2D eigenvalue weighted by atomic mass is 19.1. The van der Waals surface area contributed by atoms with E-state index in [1.54, 1.807) is 12.1 Å². The van der Waals surface area contributed by atoms with Crippen molar-refractivity contribution in [3.8, 4) is 0 Å². The van der Waals surface area contributed by atoms with Crippen molar-refractivity contribution in [2.45, 2.75) is 13.5 Å². The molecule has 0 unspecified atom stereocenters. The first kappa shape index (κ1) is 8.26. The van der Waals surface area contributed by atoms with E-state index in [1.807, 2.05) is 13.0 Å². The second kappa shape index (κ2) is 2.85. The summed E-state index contributed by atoms with van der Waals surface area (Å²) >= 11 is 0. The maximum Gasteiger partial charge on any atom is 0.137 e. The second-order valence-corrected chi connectivity index (χ2v) is 3.16. The van der Waals surface area contributed by atoms with Gasteiger partial charge >= 0.3 is 0 Å². The lowest BCUT2D eigenvalue weighted by atomic mass is 10.1. The zero-order valence-corrected chi connectivity index (χ0v) is 7.39. The standard InChI is InChI=1S/C10H11FN2/c1-6-4-8-9(13-6)3-2-7(5-12)10(8)11/h2-4,13H,5,12H2,1H3. The molecule has 0 aliphatic rings. The van der Waals surface area contributed by atoms with Crippen LogP contribution in [0.15, 0.2) is 18.2 Å². The summed E-state index contributed by atoms with van der Waals surface area (Å²) < 4.78 is 13.6. The summed E-state index contributed by atoms with van der Waals surface area (Å²) in [4.78, 5) is 3.07. The molecule has 1 aromatic carbocycles. The lowest BCUT2D eigenvalue weighted by molar-refractivity contribution is 0.623. The molecule has 0 fully saturated rings. The molecule has 0 saturated carbocycles. The molecule has 1 aromatic heterocycles. The number of halogens is 1. The van der Waals surface area contributed by atoms with Crippen molar-refractivity contribution in [3.05, 3.63) is 35.3 Å². The fraction of sp³-hybridized carbons (Fsp3) is 0.200. The Morgan fingerprint density at radius 1 is 1.46 bits per heavy atom. The number of benzene rings is 1. The molecular weight excluding hydrogens is 167 g/mol. The normalized spacial score (nSPS) is 11.0. The van der Waals surface area contributed by atoms with Gasteiger partial charge in [-0.15, -0.1) is 0 Å². The number of hydrogen-bond donors (Lipinski definition) is 2. The number of aryl methyl sites for hydroxylation is 1. The smallest absolute Gasteiger partial charge is 0.137 e. The van der Waals surface area contributed by atoms with Crippen molar-refractivity contribution in [3.63, 3.8) is 0 Å². The van der Waals surface area contributed by atoms with Gasteiger partial charge in [0.15, 0.2) is 0 Å². The van der Waals surface area contributed by atoms with Gasteiger partial charge in [0.05, 0.1) is 0 Å². The molecule has 1 heterocycles. The van der Waals surface area contributed by atoms with Crippen LogP contribution in [0.4, 0.5) is 4.39 Å². The van der Waals surface area contributed by atoms with E-state index in [9.17, 15) is 4.39 Å². The first-order valence-corrected chi connectivity index (χ1v) is 4.19. The number of nitrogens with one attached hydrogen (secondary N) is 1. The molecule has 0 atom stereocenters. The van der Waals surface area contributed by atoms with Gasteiger partial charge in [-0.25, -0.2) is 4.39 Å². The molecule has 68 valence electrons. The summed E-state index contributed by atoms with van der Waals surface area (Å²) in [5.74, 6) is -0.204. The molecule has 2 rings (SSSR count). The Labute approximate surface area is 75.6 Å². The Balaban J connectivity index is 2.78. The van der Waals surface area contributed by atoms with E-state index in [1.165, 1.54) is 0 Å². The van der Waals surface area contributed by atoms with Gasteiger partial charge in [-0.2, -0.15) is 0 Å². The van der Waals surface area contributed by atoms with Crippen molar-refractivity contribution < 1.29 is 4.39 Å². The lowest BCUT2D eigenvalue weighted by Gasteiger charge is -1.99. The van der Waals surface area contributed by atoms with Crippen LogP contribution in [0.2, 0.25) is 0 Å². The number of aromatic amines is 1. The van der Waals surface area contributed by atoms with Crippen LogP contribution in [-0.4, -0.2) is 4.98 Å². The van der Waals surface area contributed by atoms with E-state index in [-0.39, 0.29) is 12.4 Å². The Morgan fingerprint density at radius 3 is 2.92 bits per heavy atom. The lowest BCUT2D eigenvalue weighted by Crippen LogP contribution is -1.99. The van der Waals surface area contributed by atoms with E-state index in [4.69, 9.17) is 5.73 Å². The van der Waals surface area contributed by atoms with Crippen molar-refractivity contribution in [2.24, 2.45) is 5.73 Å². The van der Waals surface area contributed by atoms with Crippen LogP contribution in [0.5, 0.6) is 0 Å². The fourth-order valence-corrected chi connectivity index (χ4v) is 1.51. The minimum Gasteiger partial charge on any atom is -0.359 e. The average molecular weight is 178 g/mol. The van der Waals surface area contributed by atoms with E-state index >= 15 is 0 Å². The number of rotatable bonds is 1. The predicted molar refractivity (Wildman–Crippen MR) is 50.9 cm³/mol. The monoisotopic (exact) mass is 178 g/mol. The van der Waals surface area contributed by atoms with E-state index in [0.29, 0.717) is 10.9 Å². The van der Waals surface area contributed by atoms with Crippen LogP contribution in [0.1, 0.15) is 11.3 Å². The molecule has 0 aliphatic heterocycles. The average Bonchev–Trinajstić information content (AvgIpc) is 2.47. The molecular formula is C10H11FN2. The molecule has 0 amide bonds. The van der Waals surface area contributed by atoms with Gasteiger partial charge in [-0.3, -0.25) is 0 Å². The van der Waals surface area contributed by atoms with E-state index in [2.05, 4.69) is 4.98 Å². The van der Waals surface area contributed by atoms with Crippen molar-refractivity contribution in [1.82, 2.24) is 4.98 Å². The summed E-state index contributed by atoms with van der Waals surface area (Å²) in [5, 5.41) is 0.625. The van der Waals surface area contributed by atoms with Crippen LogP contribution in [-0.2, 0) is 6.54 Å². The van der Waals surface area contributed by atoms with Crippen LogP contribution in [0.3, 0.4) is 0 Å². The Kier molecular flexibility index (Phi) is 1.81. The zero-order chi connectivity index (χ0) is 9.42. The molecule has 13 heavy (non-hydrogen) atoms. The van der Waals surface area contributed by atoms with Crippen LogP contribution in [0, 0.1) is 12.7 Å². The van der Waals surface area contributed by atoms with Gasteiger partial charge in [-0.05, 0) is 19.1 Å². The summed E-state index contributed by atoms with van der Waals surface area (Å²) in [7, 11) is 0. The quantitative estimate of drug-likeness (QED) is 0.689. The predicted octanol–water partition coefficient (Wildman–Crippen LogP) is 2.07. The highest BCUT2D eigenvalue weighted by Crippen LogP contribution is 2.21. The van der Waals surface area contributed by atoms with Crippen molar-refractivity contribution >= 4 is 10.9 Å². The number of nitrogens with two attached hydrogens (primary N) is 1. The molecule has 0 spiro atoms. The number of fused-ring (bicyclic) bond motifs is 1. The third-order valence-electron chi connectivity index (χ3n) is 2.17. The maximum atomic E-state index is 13.6. The van der Waals surface area contributed by atoms with Gasteiger partial charge in [0.2, 0.25) is 0 Å². The first-order chi connectivity index (χ1) is 6.22. The summed E-state index contributed by atoms with van der Waals surface area (Å²) in [5.41, 5.74) is 7.75. The van der Waals surface area contributed by atoms with Crippen LogP contribution < -0.4 is 5.73 Å².